The van der Waals surface area contributed by atoms with Crippen molar-refractivity contribution in [3.05, 3.63) is 76.4 Å². The maximum Gasteiger partial charge on any atom is 0.318 e. The van der Waals surface area contributed by atoms with Crippen LogP contribution in [0.15, 0.2) is 52.9 Å². The molecule has 0 unspecified atom stereocenters. The molecule has 2 aromatic carbocycles. The van der Waals surface area contributed by atoms with E-state index in [-0.39, 0.29) is 10.6 Å². The van der Waals surface area contributed by atoms with Gasteiger partial charge in [-0.3, -0.25) is 4.79 Å². The van der Waals surface area contributed by atoms with Crippen molar-refractivity contribution in [2.24, 2.45) is 0 Å². The molecule has 8 heteroatoms. The summed E-state index contributed by atoms with van der Waals surface area (Å²) in [4.78, 5) is 14.8. The van der Waals surface area contributed by atoms with Crippen LogP contribution < -0.4 is 10.2 Å². The van der Waals surface area contributed by atoms with Crippen LogP contribution in [-0.4, -0.2) is 29.2 Å². The number of aromatic nitrogens is 2. The zero-order valence-electron chi connectivity index (χ0n) is 15.6. The minimum Gasteiger partial charge on any atom is -0.405 e. The highest BCUT2D eigenvalue weighted by Gasteiger charge is 2.26. The second-order valence-electron chi connectivity index (χ2n) is 6.92. The topological polar surface area (TPSA) is 71.3 Å². The van der Waals surface area contributed by atoms with E-state index in [1.165, 1.54) is 18.6 Å². The molecule has 150 valence electrons. The van der Waals surface area contributed by atoms with Gasteiger partial charge >= 0.3 is 6.01 Å². The summed E-state index contributed by atoms with van der Waals surface area (Å²) in [5.74, 6) is -0.706. The molecular formula is C21H20ClFN4O2. The van der Waals surface area contributed by atoms with Crippen molar-refractivity contribution in [2.75, 3.05) is 18.0 Å². The summed E-state index contributed by atoms with van der Waals surface area (Å²) in [6.07, 6.45) is 3.37. The number of rotatable bonds is 5. The summed E-state index contributed by atoms with van der Waals surface area (Å²) >= 11 is 5.82. The zero-order valence-corrected chi connectivity index (χ0v) is 16.4. The molecule has 1 amide bonds. The van der Waals surface area contributed by atoms with E-state index in [0.717, 1.165) is 37.6 Å². The zero-order chi connectivity index (χ0) is 20.2. The van der Waals surface area contributed by atoms with Gasteiger partial charge in [0.15, 0.2) is 0 Å². The van der Waals surface area contributed by atoms with Crippen LogP contribution in [0.2, 0.25) is 5.02 Å². The number of amides is 1. The lowest BCUT2D eigenvalue weighted by molar-refractivity contribution is 0.0938. The summed E-state index contributed by atoms with van der Waals surface area (Å²) in [5.41, 5.74) is 1.04. The van der Waals surface area contributed by atoms with E-state index in [1.54, 1.807) is 0 Å². The lowest BCUT2D eigenvalue weighted by Gasteiger charge is -2.24. The molecule has 6 nitrogen and oxygen atoms in total. The standard InChI is InChI=1S/C21H20ClFN4O2/c22-16-13-15(9-10-17(16)23)19(28)24-18(14-7-3-1-4-8-14)20-25-26-21(29-20)27-11-5-2-6-12-27/h1,3-4,7-10,13,18H,2,5-6,11-12H2,(H,24,28)/t18-/m1/s1. The number of benzene rings is 2. The fourth-order valence-electron chi connectivity index (χ4n) is 3.34. The first-order valence-electron chi connectivity index (χ1n) is 9.51. The van der Waals surface area contributed by atoms with Crippen LogP contribution in [0.3, 0.4) is 0 Å². The number of carbonyl (C=O) groups is 1. The van der Waals surface area contributed by atoms with Gasteiger partial charge < -0.3 is 14.6 Å². The van der Waals surface area contributed by atoms with Crippen LogP contribution in [0.4, 0.5) is 10.4 Å². The Balaban J connectivity index is 1.61. The van der Waals surface area contributed by atoms with Gasteiger partial charge in [0.2, 0.25) is 5.89 Å². The van der Waals surface area contributed by atoms with Crippen LogP contribution in [0.5, 0.6) is 0 Å². The minimum atomic E-state index is -0.640. The molecule has 1 aliphatic rings. The molecule has 29 heavy (non-hydrogen) atoms. The van der Waals surface area contributed by atoms with Crippen molar-refractivity contribution in [1.82, 2.24) is 15.5 Å². The molecule has 4 rings (SSSR count). The summed E-state index contributed by atoms with van der Waals surface area (Å²) < 4.78 is 19.4. The Morgan fingerprint density at radius 1 is 1.10 bits per heavy atom. The summed E-state index contributed by atoms with van der Waals surface area (Å²) in [6, 6.07) is 13.0. The molecule has 0 spiro atoms. The number of halogens is 2. The minimum absolute atomic E-state index is 0.112. The van der Waals surface area contributed by atoms with Crippen molar-refractivity contribution >= 4 is 23.5 Å². The second kappa shape index (κ2) is 8.61. The highest BCUT2D eigenvalue weighted by molar-refractivity contribution is 6.31. The van der Waals surface area contributed by atoms with Crippen LogP contribution in [-0.2, 0) is 0 Å². The van der Waals surface area contributed by atoms with E-state index in [0.29, 0.717) is 11.9 Å². The van der Waals surface area contributed by atoms with Crippen molar-refractivity contribution in [1.29, 1.82) is 0 Å². The summed E-state index contributed by atoms with van der Waals surface area (Å²) in [7, 11) is 0. The van der Waals surface area contributed by atoms with E-state index in [2.05, 4.69) is 20.4 Å². The molecular weight excluding hydrogens is 395 g/mol. The van der Waals surface area contributed by atoms with Gasteiger partial charge in [-0.05, 0) is 43.0 Å². The molecule has 1 saturated heterocycles. The Morgan fingerprint density at radius 2 is 1.86 bits per heavy atom. The Bertz CT molecular complexity index is 989. The van der Waals surface area contributed by atoms with Crippen molar-refractivity contribution in [2.45, 2.75) is 25.3 Å². The normalized spacial score (nSPS) is 15.2. The van der Waals surface area contributed by atoms with Crippen LogP contribution in [0.25, 0.3) is 0 Å². The van der Waals surface area contributed by atoms with E-state index in [1.807, 2.05) is 30.3 Å². The average molecular weight is 415 g/mol. The van der Waals surface area contributed by atoms with E-state index >= 15 is 0 Å². The number of hydrogen-bond acceptors (Lipinski definition) is 5. The van der Waals surface area contributed by atoms with Crippen molar-refractivity contribution in [3.63, 3.8) is 0 Å². The molecule has 0 bridgehead atoms. The molecule has 0 radical (unpaired) electrons. The third-order valence-electron chi connectivity index (χ3n) is 4.89. The predicted octanol–water partition coefficient (Wildman–Crippen LogP) is 4.37. The average Bonchev–Trinajstić information content (AvgIpc) is 3.25. The highest BCUT2D eigenvalue weighted by atomic mass is 35.5. The molecule has 1 N–H and O–H groups in total. The second-order valence-corrected chi connectivity index (χ2v) is 7.32. The first-order valence-corrected chi connectivity index (χ1v) is 9.89. The van der Waals surface area contributed by atoms with Gasteiger partial charge in [0.25, 0.3) is 5.91 Å². The molecule has 0 aliphatic carbocycles. The highest BCUT2D eigenvalue weighted by Crippen LogP contribution is 2.26. The number of carbonyl (C=O) groups excluding carboxylic acids is 1. The van der Waals surface area contributed by atoms with Gasteiger partial charge in [-0.1, -0.05) is 47.0 Å². The summed E-state index contributed by atoms with van der Waals surface area (Å²) in [5, 5.41) is 11.1. The molecule has 2 heterocycles. The molecule has 1 aromatic heterocycles. The smallest absolute Gasteiger partial charge is 0.318 e. The van der Waals surface area contributed by atoms with Crippen molar-refractivity contribution in [3.8, 4) is 0 Å². The quantitative estimate of drug-likeness (QED) is 0.671. The number of hydrogen-bond donors (Lipinski definition) is 1. The van der Waals surface area contributed by atoms with Gasteiger partial charge in [-0.15, -0.1) is 5.10 Å². The number of nitrogens with one attached hydrogen (secondary N) is 1. The van der Waals surface area contributed by atoms with Crippen molar-refractivity contribution < 1.29 is 13.6 Å². The Kier molecular flexibility index (Phi) is 5.76. The monoisotopic (exact) mass is 414 g/mol. The third kappa shape index (κ3) is 4.40. The molecule has 0 saturated carbocycles. The molecule has 1 fully saturated rings. The Labute approximate surface area is 172 Å². The van der Waals surface area contributed by atoms with Gasteiger partial charge in [-0.2, -0.15) is 0 Å². The SMILES string of the molecule is O=C(N[C@H](c1ccccc1)c1nnc(N2CCCCC2)o1)c1ccc(F)c(Cl)c1. The fraction of sp³-hybridized carbons (Fsp3) is 0.286. The first-order chi connectivity index (χ1) is 14.1. The molecule has 1 atom stereocenters. The van der Waals surface area contributed by atoms with Crippen LogP contribution in [0.1, 0.15) is 47.1 Å². The first kappa shape index (κ1) is 19.4. The third-order valence-corrected chi connectivity index (χ3v) is 5.18. The van der Waals surface area contributed by atoms with Gasteiger partial charge in [0, 0.05) is 18.7 Å². The Morgan fingerprint density at radius 3 is 2.59 bits per heavy atom. The fourth-order valence-corrected chi connectivity index (χ4v) is 3.52. The number of anilines is 1. The number of nitrogens with zero attached hydrogens (tertiary/aromatic N) is 3. The van der Waals surface area contributed by atoms with Gasteiger partial charge in [-0.25, -0.2) is 4.39 Å². The van der Waals surface area contributed by atoms with Crippen LogP contribution >= 0.6 is 11.6 Å². The van der Waals surface area contributed by atoms with Crippen LogP contribution in [0, 0.1) is 5.82 Å². The number of piperidine rings is 1. The van der Waals surface area contributed by atoms with Gasteiger partial charge in [0.05, 0.1) is 5.02 Å². The predicted molar refractivity (Wildman–Crippen MR) is 108 cm³/mol. The molecule has 1 aliphatic heterocycles. The maximum absolute atomic E-state index is 13.4. The largest absolute Gasteiger partial charge is 0.405 e. The van der Waals surface area contributed by atoms with E-state index in [9.17, 15) is 9.18 Å². The molecule has 3 aromatic rings. The van der Waals surface area contributed by atoms with Gasteiger partial charge in [0.1, 0.15) is 11.9 Å². The van der Waals surface area contributed by atoms with E-state index < -0.39 is 17.8 Å². The van der Waals surface area contributed by atoms with E-state index in [4.69, 9.17) is 16.0 Å². The Hall–Kier alpha value is -2.93. The lowest BCUT2D eigenvalue weighted by atomic mass is 10.1. The maximum atomic E-state index is 13.4. The summed E-state index contributed by atoms with van der Waals surface area (Å²) in [6.45, 7) is 1.75. The lowest BCUT2D eigenvalue weighted by Crippen LogP contribution is -2.30.